The van der Waals surface area contributed by atoms with Crippen LogP contribution in [-0.4, -0.2) is 36.4 Å². The molecule has 0 aliphatic rings. The van der Waals surface area contributed by atoms with E-state index in [1.54, 1.807) is 0 Å². The van der Waals surface area contributed by atoms with E-state index in [-0.39, 0.29) is 6.04 Å². The molecular formula is C11H23NO3. The van der Waals surface area contributed by atoms with Crippen molar-refractivity contribution in [3.8, 4) is 0 Å². The van der Waals surface area contributed by atoms with Crippen LogP contribution >= 0.6 is 0 Å². The summed E-state index contributed by atoms with van der Waals surface area (Å²) in [5.41, 5.74) is 0. The number of carbonyl (C=O) groups is 1. The van der Waals surface area contributed by atoms with Gasteiger partial charge in [0.1, 0.15) is 6.04 Å². The van der Waals surface area contributed by atoms with Crippen LogP contribution in [0.3, 0.4) is 0 Å². The molecule has 0 aromatic carbocycles. The fourth-order valence-electron chi connectivity index (χ4n) is 1.37. The van der Waals surface area contributed by atoms with Crippen LogP contribution in [-0.2, 0) is 9.53 Å². The van der Waals surface area contributed by atoms with Crippen LogP contribution in [0.4, 0.5) is 0 Å². The number of aliphatic carboxylic acids is 1. The second kappa shape index (κ2) is 8.68. The normalized spacial score (nSPS) is 14.9. The molecule has 0 fully saturated rings. The first kappa shape index (κ1) is 14.4. The van der Waals surface area contributed by atoms with Crippen molar-refractivity contribution in [2.24, 2.45) is 0 Å². The van der Waals surface area contributed by atoms with E-state index in [2.05, 4.69) is 12.2 Å². The number of carboxylic acid groups (broad SMARTS) is 1. The summed E-state index contributed by atoms with van der Waals surface area (Å²) < 4.78 is 5.22. The lowest BCUT2D eigenvalue weighted by Crippen LogP contribution is -2.44. The lowest BCUT2D eigenvalue weighted by molar-refractivity contribution is -0.140. The van der Waals surface area contributed by atoms with Crippen molar-refractivity contribution in [1.82, 2.24) is 5.32 Å². The third kappa shape index (κ3) is 7.33. The Morgan fingerprint density at radius 2 is 2.13 bits per heavy atom. The molecule has 15 heavy (non-hydrogen) atoms. The topological polar surface area (TPSA) is 58.6 Å². The summed E-state index contributed by atoms with van der Waals surface area (Å²) in [5, 5.41) is 12.0. The number of hydrogen-bond acceptors (Lipinski definition) is 3. The maximum Gasteiger partial charge on any atom is 0.320 e. The lowest BCUT2D eigenvalue weighted by Gasteiger charge is -2.19. The van der Waals surface area contributed by atoms with Gasteiger partial charge in [-0.2, -0.15) is 0 Å². The van der Waals surface area contributed by atoms with E-state index in [1.807, 2.05) is 13.8 Å². The van der Waals surface area contributed by atoms with Crippen molar-refractivity contribution in [3.63, 3.8) is 0 Å². The van der Waals surface area contributed by atoms with Crippen LogP contribution in [0.1, 0.15) is 40.0 Å². The lowest BCUT2D eigenvalue weighted by atomic mass is 10.1. The highest BCUT2D eigenvalue weighted by Gasteiger charge is 2.18. The van der Waals surface area contributed by atoms with Crippen molar-refractivity contribution < 1.29 is 14.6 Å². The summed E-state index contributed by atoms with van der Waals surface area (Å²) in [4.78, 5) is 10.9. The molecule has 0 radical (unpaired) electrons. The van der Waals surface area contributed by atoms with Gasteiger partial charge in [0.25, 0.3) is 0 Å². The van der Waals surface area contributed by atoms with E-state index in [0.717, 1.165) is 12.8 Å². The maximum atomic E-state index is 10.9. The highest BCUT2D eigenvalue weighted by molar-refractivity contribution is 5.73. The first-order chi connectivity index (χ1) is 7.11. The molecule has 0 aliphatic carbocycles. The van der Waals surface area contributed by atoms with E-state index in [0.29, 0.717) is 19.6 Å². The van der Waals surface area contributed by atoms with Gasteiger partial charge < -0.3 is 9.84 Å². The molecule has 0 aliphatic heterocycles. The minimum atomic E-state index is -0.771. The zero-order valence-corrected chi connectivity index (χ0v) is 9.95. The van der Waals surface area contributed by atoms with E-state index in [9.17, 15) is 4.79 Å². The third-order valence-corrected chi connectivity index (χ3v) is 2.20. The second-order valence-electron chi connectivity index (χ2n) is 3.76. The van der Waals surface area contributed by atoms with Gasteiger partial charge in [0, 0.05) is 12.6 Å². The Bertz CT molecular complexity index is 173. The number of nitrogens with one attached hydrogen (secondary N) is 1. The number of rotatable bonds is 9. The average molecular weight is 217 g/mol. The predicted octanol–water partition coefficient (Wildman–Crippen LogP) is 1.64. The minimum absolute atomic E-state index is 0.0860. The molecule has 0 rings (SSSR count). The highest BCUT2D eigenvalue weighted by Crippen LogP contribution is 2.02. The Labute approximate surface area is 92.0 Å². The number of unbranched alkanes of at least 4 members (excludes halogenated alkanes) is 1. The Morgan fingerprint density at radius 1 is 1.47 bits per heavy atom. The number of ether oxygens (including phenoxy) is 1. The summed E-state index contributed by atoms with van der Waals surface area (Å²) in [7, 11) is 0. The Hall–Kier alpha value is -0.610. The Morgan fingerprint density at radius 3 is 2.60 bits per heavy atom. The molecule has 2 unspecified atom stereocenters. The van der Waals surface area contributed by atoms with Gasteiger partial charge in [-0.25, -0.2) is 0 Å². The van der Waals surface area contributed by atoms with Crippen LogP contribution < -0.4 is 5.32 Å². The largest absolute Gasteiger partial charge is 0.480 e. The van der Waals surface area contributed by atoms with Crippen molar-refractivity contribution in [3.05, 3.63) is 0 Å². The first-order valence-electron chi connectivity index (χ1n) is 5.68. The van der Waals surface area contributed by atoms with Crippen LogP contribution in [0.25, 0.3) is 0 Å². The van der Waals surface area contributed by atoms with E-state index < -0.39 is 12.0 Å². The molecule has 0 spiro atoms. The molecule has 4 heteroatoms. The molecule has 0 heterocycles. The summed E-state index contributed by atoms with van der Waals surface area (Å²) >= 11 is 0. The first-order valence-corrected chi connectivity index (χ1v) is 5.68. The smallest absolute Gasteiger partial charge is 0.320 e. The Balaban J connectivity index is 3.87. The van der Waals surface area contributed by atoms with Crippen LogP contribution in [0.5, 0.6) is 0 Å². The van der Waals surface area contributed by atoms with Crippen LogP contribution in [0.2, 0.25) is 0 Å². The van der Waals surface area contributed by atoms with Gasteiger partial charge in [-0.15, -0.1) is 0 Å². The molecule has 2 atom stereocenters. The van der Waals surface area contributed by atoms with Gasteiger partial charge in [0.15, 0.2) is 0 Å². The maximum absolute atomic E-state index is 10.9. The van der Waals surface area contributed by atoms with Gasteiger partial charge >= 0.3 is 5.97 Å². The summed E-state index contributed by atoms with van der Waals surface area (Å²) in [5.74, 6) is -0.771. The van der Waals surface area contributed by atoms with Crippen molar-refractivity contribution in [2.75, 3.05) is 13.2 Å². The van der Waals surface area contributed by atoms with E-state index >= 15 is 0 Å². The molecule has 4 nitrogen and oxygen atoms in total. The molecule has 0 aromatic rings. The molecule has 90 valence electrons. The zero-order chi connectivity index (χ0) is 11.7. The van der Waals surface area contributed by atoms with Crippen molar-refractivity contribution >= 4 is 5.97 Å². The molecular weight excluding hydrogens is 194 g/mol. The number of hydrogen-bond donors (Lipinski definition) is 2. The monoisotopic (exact) mass is 217 g/mol. The SMILES string of the molecule is CCCCC(NC(C)COCC)C(=O)O. The van der Waals surface area contributed by atoms with E-state index in [1.165, 1.54) is 0 Å². The summed E-state index contributed by atoms with van der Waals surface area (Å²) in [6.07, 6.45) is 2.64. The van der Waals surface area contributed by atoms with Gasteiger partial charge in [-0.3, -0.25) is 10.1 Å². The van der Waals surface area contributed by atoms with Gasteiger partial charge in [-0.05, 0) is 20.3 Å². The zero-order valence-electron chi connectivity index (χ0n) is 9.95. The number of carboxylic acids is 1. The molecule has 0 saturated carbocycles. The van der Waals surface area contributed by atoms with Crippen LogP contribution in [0, 0.1) is 0 Å². The molecule has 0 amide bonds. The predicted molar refractivity (Wildman–Crippen MR) is 60.0 cm³/mol. The fourth-order valence-corrected chi connectivity index (χ4v) is 1.37. The van der Waals surface area contributed by atoms with Gasteiger partial charge in [0.05, 0.1) is 6.61 Å². The second-order valence-corrected chi connectivity index (χ2v) is 3.76. The third-order valence-electron chi connectivity index (χ3n) is 2.20. The van der Waals surface area contributed by atoms with Gasteiger partial charge in [0.2, 0.25) is 0 Å². The standard InChI is InChI=1S/C11H23NO3/c1-4-6-7-10(11(13)14)12-9(3)8-15-5-2/h9-10,12H,4-8H2,1-3H3,(H,13,14). The molecule has 0 saturated heterocycles. The summed E-state index contributed by atoms with van der Waals surface area (Å²) in [6.45, 7) is 7.16. The molecule has 2 N–H and O–H groups in total. The average Bonchev–Trinajstić information content (AvgIpc) is 2.20. The molecule has 0 bridgehead atoms. The fraction of sp³-hybridized carbons (Fsp3) is 0.909. The minimum Gasteiger partial charge on any atom is -0.480 e. The Kier molecular flexibility index (Phi) is 8.33. The van der Waals surface area contributed by atoms with Crippen LogP contribution in [0.15, 0.2) is 0 Å². The summed E-state index contributed by atoms with van der Waals surface area (Å²) in [6, 6.07) is -0.358. The van der Waals surface area contributed by atoms with Crippen molar-refractivity contribution in [1.29, 1.82) is 0 Å². The highest BCUT2D eigenvalue weighted by atomic mass is 16.5. The quantitative estimate of drug-likeness (QED) is 0.616. The van der Waals surface area contributed by atoms with Gasteiger partial charge in [-0.1, -0.05) is 19.8 Å². The van der Waals surface area contributed by atoms with E-state index in [4.69, 9.17) is 9.84 Å². The molecule has 0 aromatic heterocycles. The van der Waals surface area contributed by atoms with Crippen molar-refractivity contribution in [2.45, 2.75) is 52.1 Å².